The van der Waals surface area contributed by atoms with E-state index in [0.717, 1.165) is 16.7 Å². The molecule has 0 N–H and O–H groups in total. The second kappa shape index (κ2) is 8.25. The van der Waals surface area contributed by atoms with Crippen molar-refractivity contribution in [3.63, 3.8) is 0 Å². The predicted molar refractivity (Wildman–Crippen MR) is 109 cm³/mol. The first-order chi connectivity index (χ1) is 13.3. The van der Waals surface area contributed by atoms with Gasteiger partial charge in [-0.2, -0.15) is 5.10 Å². The molecule has 4 nitrogen and oxygen atoms in total. The van der Waals surface area contributed by atoms with Gasteiger partial charge in [0.1, 0.15) is 12.0 Å². The van der Waals surface area contributed by atoms with Gasteiger partial charge in [0.25, 0.3) is 0 Å². The summed E-state index contributed by atoms with van der Waals surface area (Å²) < 4.78 is 21.3. The summed E-state index contributed by atoms with van der Waals surface area (Å²) in [4.78, 5) is 12.4. The fourth-order valence-corrected chi connectivity index (χ4v) is 3.52. The summed E-state index contributed by atoms with van der Waals surface area (Å²) >= 11 is 6.44. The maximum Gasteiger partial charge on any atom is 0.160 e. The lowest BCUT2D eigenvalue weighted by Crippen LogP contribution is -2.09. The molecule has 3 rings (SSSR count). The predicted octanol–water partition coefficient (Wildman–Crippen LogP) is 6.08. The van der Waals surface area contributed by atoms with Gasteiger partial charge in [0, 0.05) is 34.5 Å². The first kappa shape index (κ1) is 20.2. The average Bonchev–Trinajstić information content (AvgIpc) is 3.13. The Morgan fingerprint density at radius 3 is 2.68 bits per heavy atom. The summed E-state index contributed by atoms with van der Waals surface area (Å²) in [5.74, 6) is -0.510. The number of halogens is 2. The molecule has 0 fully saturated rings. The van der Waals surface area contributed by atoms with Crippen LogP contribution in [0.3, 0.4) is 0 Å². The molecule has 0 spiro atoms. The van der Waals surface area contributed by atoms with E-state index in [0.29, 0.717) is 28.3 Å². The second-order valence-electron chi connectivity index (χ2n) is 6.61. The van der Waals surface area contributed by atoms with Gasteiger partial charge in [-0.25, -0.2) is 9.07 Å². The van der Waals surface area contributed by atoms with E-state index in [-0.39, 0.29) is 17.8 Å². The van der Waals surface area contributed by atoms with E-state index >= 15 is 0 Å². The van der Waals surface area contributed by atoms with Crippen LogP contribution >= 0.6 is 11.6 Å². The molecule has 0 amide bonds. The monoisotopic (exact) mass is 400 g/mol. The molecular formula is C22H22ClFN2O2. The molecule has 0 bridgehead atoms. The maximum absolute atomic E-state index is 14.0. The Hall–Kier alpha value is -2.50. The van der Waals surface area contributed by atoms with Crippen LogP contribution in [0.4, 0.5) is 4.39 Å². The van der Waals surface area contributed by atoms with Crippen LogP contribution < -0.4 is 0 Å². The number of hydrogen-bond donors (Lipinski definition) is 0. The van der Waals surface area contributed by atoms with E-state index in [2.05, 4.69) is 5.10 Å². The lowest BCUT2D eigenvalue weighted by molar-refractivity contribution is 0.0160. The van der Waals surface area contributed by atoms with E-state index in [9.17, 15) is 9.18 Å². The Kier molecular flexibility index (Phi) is 5.96. The van der Waals surface area contributed by atoms with E-state index in [1.54, 1.807) is 29.1 Å². The molecule has 1 aromatic heterocycles. The largest absolute Gasteiger partial charge is 0.357 e. The number of aromatic nitrogens is 2. The van der Waals surface area contributed by atoms with Gasteiger partial charge >= 0.3 is 0 Å². The molecule has 0 saturated heterocycles. The van der Waals surface area contributed by atoms with Crippen molar-refractivity contribution in [2.75, 3.05) is 6.61 Å². The minimum atomic E-state index is -0.369. The first-order valence-electron chi connectivity index (χ1n) is 9.09. The number of Topliss-reactive ketones (excluding diaryl/α,β-unsaturated/α-hetero) is 1. The fraction of sp³-hybridized carbons (Fsp3) is 0.273. The van der Waals surface area contributed by atoms with Gasteiger partial charge in [0.15, 0.2) is 5.78 Å². The van der Waals surface area contributed by atoms with Crippen LogP contribution in [0.5, 0.6) is 0 Å². The summed E-state index contributed by atoms with van der Waals surface area (Å²) in [6.45, 7) is 7.75. The van der Waals surface area contributed by atoms with Crippen LogP contribution in [0, 0.1) is 12.7 Å². The van der Waals surface area contributed by atoms with E-state index in [4.69, 9.17) is 16.3 Å². The number of ether oxygens (including phenoxy) is 1. The summed E-state index contributed by atoms with van der Waals surface area (Å²) in [5.41, 5.74) is 4.06. The maximum atomic E-state index is 14.0. The van der Waals surface area contributed by atoms with Crippen molar-refractivity contribution >= 4 is 17.4 Å². The first-order valence-corrected chi connectivity index (χ1v) is 9.47. The fourth-order valence-electron chi connectivity index (χ4n) is 3.31. The normalized spacial score (nSPS) is 12.2. The highest BCUT2D eigenvalue weighted by Crippen LogP contribution is 2.41. The molecular weight excluding hydrogens is 379 g/mol. The molecule has 0 saturated carbocycles. The standard InChI is InChI=1S/C22H22ClFN2O2/c1-5-28-15(4)26-12-17(11-25-26)21-13(2)20(23)10-19(14(3)27)22(21)16-7-6-8-18(24)9-16/h6-12,15H,5H2,1-4H3. The SMILES string of the molecule is CCOC(C)n1cc(-c2c(C)c(Cl)cc(C(C)=O)c2-c2cccc(F)c2)cn1. The zero-order valence-electron chi connectivity index (χ0n) is 16.3. The molecule has 0 aliphatic rings. The minimum absolute atomic E-state index is 0.141. The number of benzene rings is 2. The summed E-state index contributed by atoms with van der Waals surface area (Å²) in [5, 5.41) is 4.88. The van der Waals surface area contributed by atoms with Gasteiger partial charge in [-0.3, -0.25) is 4.79 Å². The summed E-state index contributed by atoms with van der Waals surface area (Å²) in [6.07, 6.45) is 3.33. The lowest BCUT2D eigenvalue weighted by Gasteiger charge is -2.17. The number of ketones is 1. The molecule has 146 valence electrons. The van der Waals surface area contributed by atoms with Gasteiger partial charge in [0.2, 0.25) is 0 Å². The van der Waals surface area contributed by atoms with E-state index in [1.165, 1.54) is 19.1 Å². The van der Waals surface area contributed by atoms with E-state index in [1.807, 2.05) is 27.0 Å². The van der Waals surface area contributed by atoms with Crippen molar-refractivity contribution in [2.45, 2.75) is 33.9 Å². The quantitative estimate of drug-likeness (QED) is 0.471. The number of carbonyl (C=O) groups is 1. The third-order valence-electron chi connectivity index (χ3n) is 4.69. The Morgan fingerprint density at radius 1 is 1.29 bits per heavy atom. The molecule has 28 heavy (non-hydrogen) atoms. The molecule has 0 radical (unpaired) electrons. The zero-order valence-corrected chi connectivity index (χ0v) is 17.0. The van der Waals surface area contributed by atoms with Crippen LogP contribution in [0.25, 0.3) is 22.3 Å². The van der Waals surface area contributed by atoms with Gasteiger partial charge in [0.05, 0.1) is 6.20 Å². The van der Waals surface area contributed by atoms with Gasteiger partial charge in [-0.05, 0) is 62.6 Å². The van der Waals surface area contributed by atoms with Gasteiger partial charge < -0.3 is 4.74 Å². The highest BCUT2D eigenvalue weighted by molar-refractivity contribution is 6.32. The molecule has 0 aliphatic heterocycles. The number of rotatable bonds is 6. The van der Waals surface area contributed by atoms with Gasteiger partial charge in [-0.15, -0.1) is 0 Å². The van der Waals surface area contributed by atoms with Crippen LogP contribution in [-0.4, -0.2) is 22.2 Å². The Bertz CT molecular complexity index is 1030. The highest BCUT2D eigenvalue weighted by Gasteiger charge is 2.22. The van der Waals surface area contributed by atoms with Crippen molar-refractivity contribution in [3.05, 3.63) is 64.7 Å². The van der Waals surface area contributed by atoms with Crippen LogP contribution in [0.15, 0.2) is 42.7 Å². The lowest BCUT2D eigenvalue weighted by atomic mass is 9.87. The molecule has 2 aromatic carbocycles. The number of nitrogens with zero attached hydrogens (tertiary/aromatic N) is 2. The zero-order chi connectivity index (χ0) is 20.4. The molecule has 1 unspecified atom stereocenters. The van der Waals surface area contributed by atoms with Crippen LogP contribution in [0.1, 0.15) is 42.9 Å². The molecule has 0 aliphatic carbocycles. The minimum Gasteiger partial charge on any atom is -0.357 e. The molecule has 1 heterocycles. The van der Waals surface area contributed by atoms with Crippen LogP contribution in [0.2, 0.25) is 5.02 Å². The average molecular weight is 401 g/mol. The topological polar surface area (TPSA) is 44.1 Å². The van der Waals surface area contributed by atoms with Gasteiger partial charge in [-0.1, -0.05) is 23.7 Å². The Labute approximate surface area is 168 Å². The summed E-state index contributed by atoms with van der Waals surface area (Å²) in [6, 6.07) is 7.86. The number of carbonyl (C=O) groups excluding carboxylic acids is 1. The van der Waals surface area contributed by atoms with Crippen molar-refractivity contribution in [1.82, 2.24) is 9.78 Å². The van der Waals surface area contributed by atoms with Crippen molar-refractivity contribution in [1.29, 1.82) is 0 Å². The van der Waals surface area contributed by atoms with Crippen molar-refractivity contribution in [2.24, 2.45) is 0 Å². The second-order valence-corrected chi connectivity index (χ2v) is 7.02. The van der Waals surface area contributed by atoms with Crippen molar-refractivity contribution in [3.8, 4) is 22.3 Å². The third-order valence-corrected chi connectivity index (χ3v) is 5.08. The number of hydrogen-bond acceptors (Lipinski definition) is 3. The molecule has 6 heteroatoms. The van der Waals surface area contributed by atoms with E-state index < -0.39 is 0 Å². The Morgan fingerprint density at radius 2 is 2.04 bits per heavy atom. The smallest absolute Gasteiger partial charge is 0.160 e. The third kappa shape index (κ3) is 3.86. The van der Waals surface area contributed by atoms with Crippen molar-refractivity contribution < 1.29 is 13.9 Å². The summed E-state index contributed by atoms with van der Waals surface area (Å²) in [7, 11) is 0. The Balaban J connectivity index is 2.29. The molecule has 3 aromatic rings. The van der Waals surface area contributed by atoms with Crippen LogP contribution in [-0.2, 0) is 4.74 Å². The molecule has 1 atom stereocenters. The highest BCUT2D eigenvalue weighted by atomic mass is 35.5.